The first-order valence-electron chi connectivity index (χ1n) is 4.96. The summed E-state index contributed by atoms with van der Waals surface area (Å²) in [4.78, 5) is 12.5. The molecule has 0 saturated heterocycles. The van der Waals surface area contributed by atoms with Crippen LogP contribution >= 0.6 is 28.6 Å². The van der Waals surface area contributed by atoms with E-state index in [4.69, 9.17) is 4.42 Å². The van der Waals surface area contributed by atoms with Gasteiger partial charge >= 0.3 is 0 Å². The van der Waals surface area contributed by atoms with Gasteiger partial charge in [-0.25, -0.2) is 0 Å². The lowest BCUT2D eigenvalue weighted by atomic mass is 10.2. The Bertz CT molecular complexity index is 525. The quantitative estimate of drug-likeness (QED) is 0.854. The van der Waals surface area contributed by atoms with E-state index < -0.39 is 0 Å². The average Bonchev–Trinajstić information content (AvgIpc) is 2.78. The third-order valence-electron chi connectivity index (χ3n) is 2.21. The van der Waals surface area contributed by atoms with Crippen molar-refractivity contribution in [1.82, 2.24) is 5.32 Å². The minimum atomic E-state index is -0.168. The molecule has 0 bridgehead atoms. The van der Waals surface area contributed by atoms with Gasteiger partial charge in [0, 0.05) is 9.37 Å². The van der Waals surface area contributed by atoms with Crippen LogP contribution in [0.1, 0.15) is 16.1 Å². The molecule has 1 heterocycles. The molecule has 0 fully saturated rings. The third kappa shape index (κ3) is 3.14. The van der Waals surface area contributed by atoms with Crippen LogP contribution in [0, 0.1) is 0 Å². The molecule has 0 aliphatic carbocycles. The van der Waals surface area contributed by atoms with Gasteiger partial charge < -0.3 is 9.73 Å². The van der Waals surface area contributed by atoms with Crippen LogP contribution in [-0.4, -0.2) is 5.91 Å². The Morgan fingerprint density at radius 3 is 2.88 bits per heavy atom. The van der Waals surface area contributed by atoms with E-state index >= 15 is 0 Å². The minimum Gasteiger partial charge on any atom is -0.467 e. The normalized spacial score (nSPS) is 10.2. The van der Waals surface area contributed by atoms with Crippen LogP contribution in [0.5, 0.6) is 0 Å². The van der Waals surface area contributed by atoms with E-state index in [1.54, 1.807) is 24.5 Å². The summed E-state index contributed by atoms with van der Waals surface area (Å²) in [5.74, 6) is 0.551. The molecule has 0 spiro atoms. The summed E-state index contributed by atoms with van der Waals surface area (Å²) in [5.41, 5.74) is 0.545. The number of rotatable bonds is 3. The maximum Gasteiger partial charge on any atom is 0.252 e. The molecule has 0 saturated carbocycles. The van der Waals surface area contributed by atoms with Crippen LogP contribution in [0.3, 0.4) is 0 Å². The van der Waals surface area contributed by atoms with Crippen molar-refractivity contribution in [2.75, 3.05) is 0 Å². The molecular weight excluding hydrogens is 302 g/mol. The maximum atomic E-state index is 11.9. The van der Waals surface area contributed by atoms with Crippen LogP contribution in [0.15, 0.2) is 50.4 Å². The van der Waals surface area contributed by atoms with Gasteiger partial charge in [-0.05, 0) is 30.3 Å². The molecule has 0 aliphatic rings. The average molecular weight is 312 g/mol. The van der Waals surface area contributed by atoms with Crippen molar-refractivity contribution in [1.29, 1.82) is 0 Å². The highest BCUT2D eigenvalue weighted by molar-refractivity contribution is 9.10. The van der Waals surface area contributed by atoms with E-state index in [2.05, 4.69) is 33.9 Å². The largest absolute Gasteiger partial charge is 0.467 e. The molecular formula is C12H10BrNO2S. The van der Waals surface area contributed by atoms with E-state index in [9.17, 15) is 4.79 Å². The fourth-order valence-electron chi connectivity index (χ4n) is 1.37. The summed E-state index contributed by atoms with van der Waals surface area (Å²) < 4.78 is 6.02. The van der Waals surface area contributed by atoms with Crippen molar-refractivity contribution in [3.8, 4) is 0 Å². The topological polar surface area (TPSA) is 42.2 Å². The Morgan fingerprint density at radius 2 is 2.24 bits per heavy atom. The lowest BCUT2D eigenvalue weighted by Crippen LogP contribution is -2.22. The van der Waals surface area contributed by atoms with Crippen molar-refractivity contribution < 1.29 is 9.21 Å². The Labute approximate surface area is 113 Å². The van der Waals surface area contributed by atoms with Crippen molar-refractivity contribution in [3.63, 3.8) is 0 Å². The van der Waals surface area contributed by atoms with Crippen molar-refractivity contribution in [2.45, 2.75) is 11.4 Å². The first-order valence-corrected chi connectivity index (χ1v) is 6.20. The van der Waals surface area contributed by atoms with Crippen LogP contribution in [-0.2, 0) is 6.54 Å². The number of thiol groups is 1. The lowest BCUT2D eigenvalue weighted by molar-refractivity contribution is 0.0945. The smallest absolute Gasteiger partial charge is 0.252 e. The molecule has 2 rings (SSSR count). The van der Waals surface area contributed by atoms with Crippen LogP contribution < -0.4 is 5.32 Å². The highest BCUT2D eigenvalue weighted by Gasteiger charge is 2.09. The molecule has 1 N–H and O–H groups in total. The molecule has 0 atom stereocenters. The zero-order chi connectivity index (χ0) is 12.3. The molecule has 17 heavy (non-hydrogen) atoms. The Kier molecular flexibility index (Phi) is 3.91. The molecule has 5 heteroatoms. The van der Waals surface area contributed by atoms with Gasteiger partial charge in [-0.3, -0.25) is 4.79 Å². The van der Waals surface area contributed by atoms with Crippen LogP contribution in [0.4, 0.5) is 0 Å². The third-order valence-corrected chi connectivity index (χ3v) is 3.07. The van der Waals surface area contributed by atoms with Gasteiger partial charge in [0.1, 0.15) is 5.76 Å². The van der Waals surface area contributed by atoms with E-state index in [0.29, 0.717) is 17.0 Å². The fourth-order valence-corrected chi connectivity index (χ4v) is 2.23. The van der Waals surface area contributed by atoms with Gasteiger partial charge in [0.15, 0.2) is 0 Å². The number of amides is 1. The summed E-state index contributed by atoms with van der Waals surface area (Å²) in [5, 5.41) is 2.76. The highest BCUT2D eigenvalue weighted by atomic mass is 79.9. The summed E-state index contributed by atoms with van der Waals surface area (Å²) in [6.07, 6.45) is 1.57. The fraction of sp³-hybridized carbons (Fsp3) is 0.0833. The van der Waals surface area contributed by atoms with E-state index in [1.807, 2.05) is 12.1 Å². The monoisotopic (exact) mass is 311 g/mol. The second-order valence-electron chi connectivity index (χ2n) is 3.42. The predicted octanol–water partition coefficient (Wildman–Crippen LogP) is 3.26. The molecule has 3 nitrogen and oxygen atoms in total. The molecule has 88 valence electrons. The zero-order valence-electron chi connectivity index (χ0n) is 8.81. The number of furan rings is 1. The van der Waals surface area contributed by atoms with Gasteiger partial charge in [0.25, 0.3) is 5.91 Å². The van der Waals surface area contributed by atoms with Gasteiger partial charge in [-0.1, -0.05) is 15.9 Å². The minimum absolute atomic E-state index is 0.168. The lowest BCUT2D eigenvalue weighted by Gasteiger charge is -2.06. The van der Waals surface area contributed by atoms with E-state index in [0.717, 1.165) is 10.2 Å². The first-order chi connectivity index (χ1) is 8.16. The Balaban J connectivity index is 2.04. The standard InChI is InChI=1S/C12H10BrNO2S/c13-8-3-4-10(11(17)6-8)12(15)14-7-9-2-1-5-16-9/h1-6,17H,7H2,(H,14,15). The van der Waals surface area contributed by atoms with Gasteiger partial charge in [0.2, 0.25) is 0 Å². The number of carbonyl (C=O) groups excluding carboxylic acids is 1. The van der Waals surface area contributed by atoms with Crippen LogP contribution in [0.25, 0.3) is 0 Å². The SMILES string of the molecule is O=C(NCc1ccco1)c1ccc(Br)cc1S. The number of hydrogen-bond donors (Lipinski definition) is 2. The number of benzene rings is 1. The van der Waals surface area contributed by atoms with Gasteiger partial charge in [-0.2, -0.15) is 0 Å². The van der Waals surface area contributed by atoms with Crippen molar-refractivity contribution >= 4 is 34.5 Å². The Hall–Kier alpha value is -1.20. The number of hydrogen-bond acceptors (Lipinski definition) is 3. The second-order valence-corrected chi connectivity index (χ2v) is 4.82. The molecule has 0 unspecified atom stereocenters. The number of halogens is 1. The number of nitrogens with one attached hydrogen (secondary N) is 1. The highest BCUT2D eigenvalue weighted by Crippen LogP contribution is 2.19. The molecule has 0 aliphatic heterocycles. The maximum absolute atomic E-state index is 11.9. The summed E-state index contributed by atoms with van der Waals surface area (Å²) in [7, 11) is 0. The molecule has 1 aromatic heterocycles. The van der Waals surface area contributed by atoms with E-state index in [-0.39, 0.29) is 5.91 Å². The Morgan fingerprint density at radius 1 is 1.41 bits per heavy atom. The summed E-state index contributed by atoms with van der Waals surface area (Å²) in [6, 6.07) is 8.91. The molecule has 2 aromatic rings. The summed E-state index contributed by atoms with van der Waals surface area (Å²) >= 11 is 7.58. The van der Waals surface area contributed by atoms with Crippen molar-refractivity contribution in [3.05, 3.63) is 52.4 Å². The number of carbonyl (C=O) groups is 1. The van der Waals surface area contributed by atoms with Crippen molar-refractivity contribution in [2.24, 2.45) is 0 Å². The van der Waals surface area contributed by atoms with Gasteiger partial charge in [0.05, 0.1) is 18.4 Å². The molecule has 0 radical (unpaired) electrons. The zero-order valence-corrected chi connectivity index (χ0v) is 11.3. The first kappa shape index (κ1) is 12.3. The summed E-state index contributed by atoms with van der Waals surface area (Å²) in [6.45, 7) is 0.370. The van der Waals surface area contributed by atoms with Crippen LogP contribution in [0.2, 0.25) is 0 Å². The molecule has 1 aromatic carbocycles. The van der Waals surface area contributed by atoms with Gasteiger partial charge in [-0.15, -0.1) is 12.6 Å². The van der Waals surface area contributed by atoms with E-state index in [1.165, 1.54) is 0 Å². The second kappa shape index (κ2) is 5.42. The molecule has 1 amide bonds. The predicted molar refractivity (Wildman–Crippen MR) is 71.3 cm³/mol.